The van der Waals surface area contributed by atoms with Crippen LogP contribution in [-0.2, 0) is 13.9 Å². The fraction of sp³-hybridized carbons (Fsp3) is 0.875. The van der Waals surface area contributed by atoms with E-state index >= 15 is 0 Å². The monoisotopic (exact) mass is 316 g/mol. The molecule has 1 N–H and O–H groups in total. The van der Waals surface area contributed by atoms with Gasteiger partial charge in [-0.15, -0.1) is 6.58 Å². The summed E-state index contributed by atoms with van der Waals surface area (Å²) in [6.45, 7) is 18.9. The van der Waals surface area contributed by atoms with Crippen LogP contribution in [0.1, 0.15) is 41.0 Å². The van der Waals surface area contributed by atoms with Crippen molar-refractivity contribution in [2.45, 2.75) is 83.3 Å². The van der Waals surface area contributed by atoms with Gasteiger partial charge in [0.2, 0.25) is 0 Å². The molecule has 124 valence electrons. The van der Waals surface area contributed by atoms with E-state index in [1.807, 2.05) is 13.8 Å². The molecular weight excluding hydrogens is 284 g/mol. The van der Waals surface area contributed by atoms with Gasteiger partial charge in [0, 0.05) is 0 Å². The van der Waals surface area contributed by atoms with Crippen LogP contribution in [0.3, 0.4) is 0 Å². The molecule has 0 saturated carbocycles. The summed E-state index contributed by atoms with van der Waals surface area (Å²) in [6, 6.07) is 0. The average molecular weight is 317 g/mol. The lowest BCUT2D eigenvalue weighted by atomic mass is 10.1. The molecule has 0 spiro atoms. The zero-order valence-corrected chi connectivity index (χ0v) is 15.6. The number of rotatable bonds is 6. The van der Waals surface area contributed by atoms with Crippen LogP contribution in [-0.4, -0.2) is 44.1 Å². The maximum atomic E-state index is 10.2. The predicted octanol–water partition coefficient (Wildman–Crippen LogP) is 3.47. The van der Waals surface area contributed by atoms with Crippen molar-refractivity contribution in [3.05, 3.63) is 12.7 Å². The molecule has 1 aliphatic rings. The van der Waals surface area contributed by atoms with Crippen molar-refractivity contribution < 1.29 is 19.0 Å². The fourth-order valence-electron chi connectivity index (χ4n) is 2.13. The molecule has 0 bridgehead atoms. The van der Waals surface area contributed by atoms with Crippen molar-refractivity contribution in [2.75, 3.05) is 6.61 Å². The van der Waals surface area contributed by atoms with Gasteiger partial charge < -0.3 is 19.0 Å². The first-order valence-corrected chi connectivity index (χ1v) is 10.6. The zero-order valence-electron chi connectivity index (χ0n) is 14.6. The summed E-state index contributed by atoms with van der Waals surface area (Å²) < 4.78 is 18.0. The van der Waals surface area contributed by atoms with Crippen molar-refractivity contribution in [2.24, 2.45) is 0 Å². The zero-order chi connectivity index (χ0) is 16.5. The second kappa shape index (κ2) is 6.50. The third-order valence-electron chi connectivity index (χ3n) is 4.42. The minimum Gasteiger partial charge on any atom is -0.414 e. The number of ether oxygens (including phenoxy) is 2. The highest BCUT2D eigenvalue weighted by Gasteiger charge is 2.46. The Morgan fingerprint density at radius 1 is 1.33 bits per heavy atom. The van der Waals surface area contributed by atoms with Crippen LogP contribution >= 0.6 is 0 Å². The molecule has 0 radical (unpaired) electrons. The Morgan fingerprint density at radius 2 is 1.90 bits per heavy atom. The molecule has 1 aliphatic heterocycles. The maximum absolute atomic E-state index is 10.2. The van der Waals surface area contributed by atoms with E-state index in [1.165, 1.54) is 0 Å². The second-order valence-corrected chi connectivity index (χ2v) is 12.6. The Hall–Kier alpha value is -0.203. The van der Waals surface area contributed by atoms with E-state index < -0.39 is 20.2 Å². The van der Waals surface area contributed by atoms with E-state index in [0.717, 1.165) is 0 Å². The summed E-state index contributed by atoms with van der Waals surface area (Å²) in [5.41, 5.74) is 0. The summed E-state index contributed by atoms with van der Waals surface area (Å²) >= 11 is 0. The van der Waals surface area contributed by atoms with Gasteiger partial charge in [-0.3, -0.25) is 0 Å². The van der Waals surface area contributed by atoms with Gasteiger partial charge in [0.25, 0.3) is 0 Å². The Bertz CT molecular complexity index is 360. The molecule has 3 atom stereocenters. The number of aliphatic hydroxyl groups excluding tert-OH is 1. The fourth-order valence-corrected chi connectivity index (χ4v) is 3.14. The first kappa shape index (κ1) is 18.8. The van der Waals surface area contributed by atoms with Crippen LogP contribution < -0.4 is 0 Å². The molecule has 0 aromatic rings. The van der Waals surface area contributed by atoms with Crippen LogP contribution in [0.5, 0.6) is 0 Å². The lowest BCUT2D eigenvalue weighted by Crippen LogP contribution is -2.45. The quantitative estimate of drug-likeness (QED) is 0.602. The Kier molecular flexibility index (Phi) is 5.84. The molecule has 1 saturated heterocycles. The lowest BCUT2D eigenvalue weighted by molar-refractivity contribution is -0.156. The van der Waals surface area contributed by atoms with E-state index in [-0.39, 0.29) is 17.2 Å². The van der Waals surface area contributed by atoms with Gasteiger partial charge in [0.1, 0.15) is 12.2 Å². The summed E-state index contributed by atoms with van der Waals surface area (Å²) in [5, 5.41) is 10.4. The van der Waals surface area contributed by atoms with Crippen LogP contribution in [0.15, 0.2) is 12.7 Å². The van der Waals surface area contributed by atoms with E-state index in [2.05, 4.69) is 40.4 Å². The molecule has 4 nitrogen and oxygen atoms in total. The molecule has 1 heterocycles. The van der Waals surface area contributed by atoms with Crippen molar-refractivity contribution in [3.63, 3.8) is 0 Å². The first-order valence-electron chi connectivity index (χ1n) is 7.68. The molecule has 0 unspecified atom stereocenters. The van der Waals surface area contributed by atoms with Crippen molar-refractivity contribution in [3.8, 4) is 0 Å². The smallest absolute Gasteiger partial charge is 0.192 e. The minimum atomic E-state index is -1.84. The SMILES string of the molecule is C=CC[C@H](O)[C@@H]1OC(C)(C)O[C@H]1CO[Si](C)(C)C(C)(C)C. The Balaban J connectivity index is 2.73. The minimum absolute atomic E-state index is 0.150. The van der Waals surface area contributed by atoms with Crippen molar-refractivity contribution in [1.82, 2.24) is 0 Å². The summed E-state index contributed by atoms with van der Waals surface area (Å²) in [5.74, 6) is -0.686. The summed E-state index contributed by atoms with van der Waals surface area (Å²) in [7, 11) is -1.84. The van der Waals surface area contributed by atoms with Crippen LogP contribution in [0.4, 0.5) is 0 Å². The third-order valence-corrected chi connectivity index (χ3v) is 8.92. The maximum Gasteiger partial charge on any atom is 0.192 e. The molecule has 1 rings (SSSR count). The highest BCUT2D eigenvalue weighted by Crippen LogP contribution is 2.38. The van der Waals surface area contributed by atoms with E-state index in [0.29, 0.717) is 13.0 Å². The molecule has 0 aliphatic carbocycles. The molecule has 1 fully saturated rings. The van der Waals surface area contributed by atoms with E-state index in [1.54, 1.807) is 6.08 Å². The molecular formula is C16H32O4Si. The van der Waals surface area contributed by atoms with Gasteiger partial charge in [-0.05, 0) is 38.4 Å². The average Bonchev–Trinajstić information content (AvgIpc) is 2.61. The predicted molar refractivity (Wildman–Crippen MR) is 87.8 cm³/mol. The summed E-state index contributed by atoms with van der Waals surface area (Å²) in [6.07, 6.45) is 0.954. The van der Waals surface area contributed by atoms with Crippen molar-refractivity contribution in [1.29, 1.82) is 0 Å². The van der Waals surface area contributed by atoms with Gasteiger partial charge >= 0.3 is 0 Å². The van der Waals surface area contributed by atoms with Crippen LogP contribution in [0, 0.1) is 0 Å². The van der Waals surface area contributed by atoms with E-state index in [4.69, 9.17) is 13.9 Å². The number of hydrogen-bond donors (Lipinski definition) is 1. The standard InChI is InChI=1S/C16H32O4Si/c1-9-10-12(17)14-13(19-16(5,6)20-14)11-18-21(7,8)15(2,3)4/h9,12-14,17H,1,10-11H2,2-8H3/t12-,13-,14-/m0/s1. The van der Waals surface area contributed by atoms with Gasteiger partial charge in [-0.25, -0.2) is 0 Å². The molecule has 21 heavy (non-hydrogen) atoms. The van der Waals surface area contributed by atoms with Gasteiger partial charge in [-0.1, -0.05) is 26.8 Å². The van der Waals surface area contributed by atoms with Gasteiger partial charge in [0.15, 0.2) is 14.1 Å². The van der Waals surface area contributed by atoms with Crippen LogP contribution in [0.2, 0.25) is 18.1 Å². The van der Waals surface area contributed by atoms with Gasteiger partial charge in [-0.2, -0.15) is 0 Å². The molecule has 0 amide bonds. The third kappa shape index (κ3) is 4.89. The lowest BCUT2D eigenvalue weighted by Gasteiger charge is -2.37. The summed E-state index contributed by atoms with van der Waals surface area (Å²) in [4.78, 5) is 0. The van der Waals surface area contributed by atoms with Crippen LogP contribution in [0.25, 0.3) is 0 Å². The normalized spacial score (nSPS) is 27.6. The van der Waals surface area contributed by atoms with E-state index in [9.17, 15) is 5.11 Å². The Morgan fingerprint density at radius 3 is 2.38 bits per heavy atom. The Labute approximate surface area is 130 Å². The number of hydrogen-bond acceptors (Lipinski definition) is 4. The molecule has 0 aromatic heterocycles. The second-order valence-electron chi connectivity index (χ2n) is 7.80. The van der Waals surface area contributed by atoms with Crippen molar-refractivity contribution >= 4 is 8.32 Å². The van der Waals surface area contributed by atoms with Gasteiger partial charge in [0.05, 0.1) is 12.7 Å². The highest BCUT2D eigenvalue weighted by molar-refractivity contribution is 6.74. The largest absolute Gasteiger partial charge is 0.414 e. The first-order chi connectivity index (χ1) is 9.39. The topological polar surface area (TPSA) is 47.9 Å². The molecule has 5 heteroatoms. The highest BCUT2D eigenvalue weighted by atomic mass is 28.4. The molecule has 0 aromatic carbocycles. The number of aliphatic hydroxyl groups is 1.